The van der Waals surface area contributed by atoms with Crippen molar-refractivity contribution in [3.63, 3.8) is 0 Å². The van der Waals surface area contributed by atoms with Crippen molar-refractivity contribution in [3.8, 4) is 0 Å². The molecular weight excluding hydrogens is 274 g/mol. The predicted octanol–water partition coefficient (Wildman–Crippen LogP) is 1.79. The van der Waals surface area contributed by atoms with Crippen LogP contribution in [-0.2, 0) is 20.7 Å². The molecule has 0 saturated carbocycles. The molecule has 84 valence electrons. The summed E-state index contributed by atoms with van der Waals surface area (Å²) in [5.74, 6) is -0.367. The molecule has 0 radical (unpaired) electrons. The van der Waals surface area contributed by atoms with Crippen molar-refractivity contribution >= 4 is 33.5 Å². The van der Waals surface area contributed by atoms with E-state index in [9.17, 15) is 9.59 Å². The molecule has 1 unspecified atom stereocenters. The fraction of sp³-hybridized carbons (Fsp3) is 0.273. The highest BCUT2D eigenvalue weighted by molar-refractivity contribution is 9.09. The molecule has 1 aliphatic rings. The number of carbonyl (C=O) groups is 2. The van der Waals surface area contributed by atoms with E-state index >= 15 is 0 Å². The van der Waals surface area contributed by atoms with Gasteiger partial charge in [-0.05, 0) is 17.2 Å². The van der Waals surface area contributed by atoms with E-state index < -0.39 is 4.83 Å². The van der Waals surface area contributed by atoms with Gasteiger partial charge in [0, 0.05) is 5.69 Å². The van der Waals surface area contributed by atoms with Crippen molar-refractivity contribution in [1.82, 2.24) is 0 Å². The van der Waals surface area contributed by atoms with Crippen molar-refractivity contribution in [2.75, 3.05) is 12.4 Å². The van der Waals surface area contributed by atoms with E-state index in [1.165, 1.54) is 7.11 Å². The van der Waals surface area contributed by atoms with Gasteiger partial charge in [0.1, 0.15) is 4.83 Å². The maximum Gasteiger partial charge on any atom is 0.323 e. The SMILES string of the molecule is COC(=O)C(Br)c1ccc2c(c1)CC(=O)N2. The molecular formula is C11H10BrNO3. The van der Waals surface area contributed by atoms with Gasteiger partial charge in [0.2, 0.25) is 5.91 Å². The highest BCUT2D eigenvalue weighted by Gasteiger charge is 2.22. The number of alkyl halides is 1. The molecule has 4 nitrogen and oxygen atoms in total. The molecule has 1 N–H and O–H groups in total. The number of benzene rings is 1. The zero-order valence-corrected chi connectivity index (χ0v) is 10.2. The predicted molar refractivity (Wildman–Crippen MR) is 62.5 cm³/mol. The molecule has 5 heteroatoms. The van der Waals surface area contributed by atoms with Crippen molar-refractivity contribution in [3.05, 3.63) is 29.3 Å². The van der Waals surface area contributed by atoms with Crippen molar-refractivity contribution in [2.24, 2.45) is 0 Å². The molecule has 0 spiro atoms. The van der Waals surface area contributed by atoms with Gasteiger partial charge in [0.25, 0.3) is 0 Å². The van der Waals surface area contributed by atoms with E-state index in [-0.39, 0.29) is 11.9 Å². The number of amides is 1. The molecule has 16 heavy (non-hydrogen) atoms. The zero-order valence-electron chi connectivity index (χ0n) is 8.62. The Morgan fingerprint density at radius 2 is 2.31 bits per heavy atom. The van der Waals surface area contributed by atoms with Crippen LogP contribution in [0.3, 0.4) is 0 Å². The van der Waals surface area contributed by atoms with E-state index in [1.807, 2.05) is 6.07 Å². The van der Waals surface area contributed by atoms with Crippen LogP contribution in [0.5, 0.6) is 0 Å². The minimum Gasteiger partial charge on any atom is -0.468 e. The Hall–Kier alpha value is -1.36. The lowest BCUT2D eigenvalue weighted by Gasteiger charge is -2.09. The lowest BCUT2D eigenvalue weighted by Crippen LogP contribution is -2.08. The lowest BCUT2D eigenvalue weighted by molar-refractivity contribution is -0.139. The van der Waals surface area contributed by atoms with E-state index in [4.69, 9.17) is 0 Å². The molecule has 0 saturated heterocycles. The first-order chi connectivity index (χ1) is 7.61. The lowest BCUT2D eigenvalue weighted by atomic mass is 10.1. The second kappa shape index (κ2) is 4.25. The van der Waals surface area contributed by atoms with Crippen LogP contribution in [0.25, 0.3) is 0 Å². The van der Waals surface area contributed by atoms with Crippen molar-refractivity contribution in [1.29, 1.82) is 0 Å². The number of fused-ring (bicyclic) bond motifs is 1. The number of esters is 1. The zero-order chi connectivity index (χ0) is 11.7. The highest BCUT2D eigenvalue weighted by Crippen LogP contribution is 2.30. The summed E-state index contributed by atoms with van der Waals surface area (Å²) in [6.07, 6.45) is 0.365. The first kappa shape index (κ1) is 11.1. The number of methoxy groups -OCH3 is 1. The normalized spacial score (nSPS) is 15.2. The molecule has 1 aromatic rings. The maximum absolute atomic E-state index is 11.3. The summed E-state index contributed by atoms with van der Waals surface area (Å²) in [6, 6.07) is 5.43. The molecule has 0 bridgehead atoms. The number of carbonyl (C=O) groups excluding carboxylic acids is 2. The van der Waals surface area contributed by atoms with Crippen LogP contribution in [0.2, 0.25) is 0 Å². The minimum atomic E-state index is -0.487. The summed E-state index contributed by atoms with van der Waals surface area (Å²) in [7, 11) is 1.34. The highest BCUT2D eigenvalue weighted by atomic mass is 79.9. The molecule has 1 atom stereocenters. The van der Waals surface area contributed by atoms with Crippen LogP contribution < -0.4 is 5.32 Å². The molecule has 1 aromatic carbocycles. The van der Waals surface area contributed by atoms with E-state index in [0.29, 0.717) is 6.42 Å². The van der Waals surface area contributed by atoms with Gasteiger partial charge in [-0.3, -0.25) is 9.59 Å². The summed E-state index contributed by atoms with van der Waals surface area (Å²) in [6.45, 7) is 0. The number of hydrogen-bond acceptors (Lipinski definition) is 3. The number of ether oxygens (including phenoxy) is 1. The second-order valence-corrected chi connectivity index (χ2v) is 4.44. The Labute approximate surface area is 101 Å². The van der Waals surface area contributed by atoms with Gasteiger partial charge in [-0.1, -0.05) is 28.1 Å². The monoisotopic (exact) mass is 283 g/mol. The Morgan fingerprint density at radius 1 is 1.56 bits per heavy atom. The van der Waals surface area contributed by atoms with E-state index in [2.05, 4.69) is 26.0 Å². The number of halogens is 1. The molecule has 1 aliphatic heterocycles. The number of anilines is 1. The Kier molecular flexibility index (Phi) is 2.96. The topological polar surface area (TPSA) is 55.4 Å². The van der Waals surface area contributed by atoms with Gasteiger partial charge in [0.15, 0.2) is 0 Å². The summed E-state index contributed by atoms with van der Waals surface area (Å²) in [4.78, 5) is 22.0. The van der Waals surface area contributed by atoms with Gasteiger partial charge in [-0.2, -0.15) is 0 Å². The fourth-order valence-electron chi connectivity index (χ4n) is 1.65. The van der Waals surface area contributed by atoms with Gasteiger partial charge in [-0.25, -0.2) is 0 Å². The van der Waals surface area contributed by atoms with Gasteiger partial charge >= 0.3 is 5.97 Å². The van der Waals surface area contributed by atoms with Crippen molar-refractivity contribution in [2.45, 2.75) is 11.2 Å². The van der Waals surface area contributed by atoms with Crippen LogP contribution in [0, 0.1) is 0 Å². The maximum atomic E-state index is 11.3. The summed E-state index contributed by atoms with van der Waals surface area (Å²) >= 11 is 3.26. The van der Waals surface area contributed by atoms with Crippen LogP contribution in [-0.4, -0.2) is 19.0 Å². The quantitative estimate of drug-likeness (QED) is 0.665. The third-order valence-corrected chi connectivity index (χ3v) is 3.36. The summed E-state index contributed by atoms with van der Waals surface area (Å²) in [5.41, 5.74) is 2.52. The second-order valence-electron chi connectivity index (χ2n) is 3.53. The third-order valence-electron chi connectivity index (χ3n) is 2.46. The van der Waals surface area contributed by atoms with Crippen LogP contribution in [0.1, 0.15) is 16.0 Å². The van der Waals surface area contributed by atoms with Gasteiger partial charge in [-0.15, -0.1) is 0 Å². The molecule has 0 aliphatic carbocycles. The number of nitrogens with one attached hydrogen (secondary N) is 1. The first-order valence-corrected chi connectivity index (χ1v) is 5.68. The van der Waals surface area contributed by atoms with Crippen LogP contribution in [0.15, 0.2) is 18.2 Å². The largest absolute Gasteiger partial charge is 0.468 e. The van der Waals surface area contributed by atoms with Gasteiger partial charge in [0.05, 0.1) is 13.5 Å². The summed E-state index contributed by atoms with van der Waals surface area (Å²) in [5, 5.41) is 2.74. The van der Waals surface area contributed by atoms with E-state index in [0.717, 1.165) is 16.8 Å². The molecule has 1 heterocycles. The standard InChI is InChI=1S/C11H10BrNO3/c1-16-11(15)10(12)6-2-3-8-7(4-6)5-9(14)13-8/h2-4,10H,5H2,1H3,(H,13,14). The summed E-state index contributed by atoms with van der Waals surface area (Å²) < 4.78 is 4.64. The van der Waals surface area contributed by atoms with Crippen molar-refractivity contribution < 1.29 is 14.3 Å². The van der Waals surface area contributed by atoms with E-state index in [1.54, 1.807) is 12.1 Å². The number of hydrogen-bond donors (Lipinski definition) is 1. The molecule has 0 fully saturated rings. The average molecular weight is 284 g/mol. The Bertz CT molecular complexity index is 459. The average Bonchev–Trinajstić information content (AvgIpc) is 2.65. The molecule has 1 amide bonds. The molecule has 2 rings (SSSR count). The Balaban J connectivity index is 2.29. The fourth-order valence-corrected chi connectivity index (χ4v) is 2.12. The Morgan fingerprint density at radius 3 is 3.00 bits per heavy atom. The first-order valence-electron chi connectivity index (χ1n) is 4.76. The van der Waals surface area contributed by atoms with Gasteiger partial charge < -0.3 is 10.1 Å². The minimum absolute atomic E-state index is 0.0173. The third kappa shape index (κ3) is 1.95. The number of rotatable bonds is 2. The van der Waals surface area contributed by atoms with Crippen LogP contribution >= 0.6 is 15.9 Å². The smallest absolute Gasteiger partial charge is 0.323 e. The van der Waals surface area contributed by atoms with Crippen LogP contribution in [0.4, 0.5) is 5.69 Å². The molecule has 0 aromatic heterocycles.